The molecular formula is C28H29F3N8OS. The molecule has 0 atom stereocenters. The van der Waals surface area contributed by atoms with Crippen molar-refractivity contribution in [3.05, 3.63) is 82.6 Å². The van der Waals surface area contributed by atoms with Gasteiger partial charge in [-0.25, -0.2) is 15.0 Å². The zero-order valence-electron chi connectivity index (χ0n) is 22.5. The van der Waals surface area contributed by atoms with Crippen molar-refractivity contribution >= 4 is 45.4 Å². The smallest absolute Gasteiger partial charge is 0.340 e. The van der Waals surface area contributed by atoms with E-state index in [1.807, 2.05) is 30.1 Å². The van der Waals surface area contributed by atoms with E-state index in [2.05, 4.69) is 35.8 Å². The number of halogens is 3. The lowest BCUT2D eigenvalue weighted by atomic mass is 10.0. The molecule has 1 aliphatic rings. The van der Waals surface area contributed by atoms with E-state index in [1.165, 1.54) is 12.3 Å². The average Bonchev–Trinajstić information content (AvgIpc) is 3.39. The summed E-state index contributed by atoms with van der Waals surface area (Å²) in [6.45, 7) is 5.02. The lowest BCUT2D eigenvalue weighted by molar-refractivity contribution is -0.138. The number of carbonyl (C=O) groups is 1. The van der Waals surface area contributed by atoms with Crippen molar-refractivity contribution < 1.29 is 18.0 Å². The van der Waals surface area contributed by atoms with Gasteiger partial charge in [0.25, 0.3) is 5.91 Å². The highest BCUT2D eigenvalue weighted by molar-refractivity contribution is 7.17. The van der Waals surface area contributed by atoms with Gasteiger partial charge in [0.05, 0.1) is 11.8 Å². The topological polar surface area (TPSA) is 98.3 Å². The van der Waals surface area contributed by atoms with Crippen molar-refractivity contribution in [1.29, 1.82) is 0 Å². The van der Waals surface area contributed by atoms with Crippen LogP contribution >= 0.6 is 11.3 Å². The van der Waals surface area contributed by atoms with Crippen LogP contribution in [0.25, 0.3) is 0 Å². The summed E-state index contributed by atoms with van der Waals surface area (Å²) < 4.78 is 42.0. The van der Waals surface area contributed by atoms with Gasteiger partial charge in [0.15, 0.2) is 5.13 Å². The molecule has 3 heterocycles. The fourth-order valence-electron chi connectivity index (χ4n) is 4.41. The molecular weight excluding hydrogens is 553 g/mol. The van der Waals surface area contributed by atoms with Gasteiger partial charge >= 0.3 is 6.18 Å². The number of benzene rings is 2. The Labute approximate surface area is 239 Å². The Bertz CT molecular complexity index is 1500. The highest BCUT2D eigenvalue weighted by Crippen LogP contribution is 2.35. The number of thiazole rings is 1. The quantitative estimate of drug-likeness (QED) is 0.242. The molecule has 1 aliphatic heterocycles. The SMILES string of the molecule is Cc1nc(Nc2ccc(CN3CCN(C)CC3)c(C(F)(F)F)c2)cc(Nc2ncc(C(=O)Nc3ccccc3)s2)n1. The highest BCUT2D eigenvalue weighted by atomic mass is 32.1. The van der Waals surface area contributed by atoms with E-state index in [4.69, 9.17) is 0 Å². The number of hydrogen-bond acceptors (Lipinski definition) is 9. The summed E-state index contributed by atoms with van der Waals surface area (Å²) >= 11 is 1.14. The van der Waals surface area contributed by atoms with E-state index in [0.29, 0.717) is 33.2 Å². The standard InChI is InChI=1S/C28H29F3N8OS/c1-18-33-24(15-25(34-18)37-27-32-16-23(41-27)26(40)36-20-6-4-3-5-7-20)35-21-9-8-19(22(14-21)28(29,30)31)17-39-12-10-38(2)11-13-39/h3-9,14-16H,10-13,17H2,1-2H3,(H,36,40)(H2,32,33,34,35,37). The molecule has 4 aromatic rings. The van der Waals surface area contributed by atoms with E-state index in [1.54, 1.807) is 31.2 Å². The average molecular weight is 583 g/mol. The van der Waals surface area contributed by atoms with Crippen LogP contribution in [0.2, 0.25) is 0 Å². The summed E-state index contributed by atoms with van der Waals surface area (Å²) in [6.07, 6.45) is -3.04. The van der Waals surface area contributed by atoms with Gasteiger partial charge in [0.1, 0.15) is 22.3 Å². The number of anilines is 5. The molecule has 1 fully saturated rings. The number of likely N-dealkylation sites (N-methyl/N-ethyl adjacent to an activating group) is 1. The normalized spacial score (nSPS) is 14.6. The van der Waals surface area contributed by atoms with Crippen molar-refractivity contribution in [1.82, 2.24) is 24.8 Å². The third-order valence-corrected chi connectivity index (χ3v) is 7.42. The third-order valence-electron chi connectivity index (χ3n) is 6.51. The third kappa shape index (κ3) is 7.57. The van der Waals surface area contributed by atoms with E-state index in [0.717, 1.165) is 43.6 Å². The fourth-order valence-corrected chi connectivity index (χ4v) is 5.13. The predicted octanol–water partition coefficient (Wildman–Crippen LogP) is 5.75. The van der Waals surface area contributed by atoms with E-state index >= 15 is 0 Å². The Morgan fingerprint density at radius 3 is 2.37 bits per heavy atom. The Hall–Kier alpha value is -4.07. The maximum absolute atomic E-state index is 14.0. The first-order valence-electron chi connectivity index (χ1n) is 13.0. The summed E-state index contributed by atoms with van der Waals surface area (Å²) in [7, 11) is 2.01. The van der Waals surface area contributed by atoms with Crippen LogP contribution in [-0.2, 0) is 12.7 Å². The number of piperazine rings is 1. The number of para-hydroxylation sites is 1. The molecule has 41 heavy (non-hydrogen) atoms. The zero-order valence-corrected chi connectivity index (χ0v) is 23.3. The largest absolute Gasteiger partial charge is 0.416 e. The van der Waals surface area contributed by atoms with Crippen molar-refractivity contribution in [2.24, 2.45) is 0 Å². The monoisotopic (exact) mass is 582 g/mol. The molecule has 5 rings (SSSR count). The molecule has 2 aromatic carbocycles. The first-order chi connectivity index (χ1) is 19.6. The number of alkyl halides is 3. The summed E-state index contributed by atoms with van der Waals surface area (Å²) in [4.78, 5) is 30.1. The van der Waals surface area contributed by atoms with Crippen LogP contribution in [0.3, 0.4) is 0 Å². The Morgan fingerprint density at radius 2 is 1.66 bits per heavy atom. The van der Waals surface area contributed by atoms with Gasteiger partial charge in [-0.05, 0) is 43.8 Å². The van der Waals surface area contributed by atoms with E-state index in [9.17, 15) is 18.0 Å². The first-order valence-corrected chi connectivity index (χ1v) is 13.8. The molecule has 9 nitrogen and oxygen atoms in total. The minimum Gasteiger partial charge on any atom is -0.340 e. The second kappa shape index (κ2) is 12.2. The second-order valence-electron chi connectivity index (χ2n) is 9.73. The Kier molecular flexibility index (Phi) is 8.47. The summed E-state index contributed by atoms with van der Waals surface area (Å²) in [5, 5.41) is 9.27. The number of amides is 1. The maximum Gasteiger partial charge on any atom is 0.416 e. The molecule has 1 saturated heterocycles. The van der Waals surface area contributed by atoms with Gasteiger partial charge in [-0.2, -0.15) is 13.2 Å². The highest BCUT2D eigenvalue weighted by Gasteiger charge is 2.34. The number of carbonyl (C=O) groups excluding carboxylic acids is 1. The van der Waals surface area contributed by atoms with Crippen LogP contribution in [0.15, 0.2) is 60.8 Å². The fraction of sp³-hybridized carbons (Fsp3) is 0.286. The molecule has 0 bridgehead atoms. The Balaban J connectivity index is 1.29. The van der Waals surface area contributed by atoms with Crippen LogP contribution in [-0.4, -0.2) is 63.9 Å². The van der Waals surface area contributed by atoms with Crippen LogP contribution in [0.4, 0.5) is 41.3 Å². The molecule has 13 heteroatoms. The second-order valence-corrected chi connectivity index (χ2v) is 10.8. The van der Waals surface area contributed by atoms with Crippen LogP contribution in [0, 0.1) is 6.92 Å². The summed E-state index contributed by atoms with van der Waals surface area (Å²) in [5.74, 6) is 0.809. The van der Waals surface area contributed by atoms with Crippen molar-refractivity contribution in [3.8, 4) is 0 Å². The van der Waals surface area contributed by atoms with Crippen LogP contribution < -0.4 is 16.0 Å². The molecule has 0 radical (unpaired) electrons. The number of aryl methyl sites for hydroxylation is 1. The predicted molar refractivity (Wildman–Crippen MR) is 154 cm³/mol. The molecule has 214 valence electrons. The summed E-state index contributed by atoms with van der Waals surface area (Å²) in [5.41, 5.74) is 0.501. The van der Waals surface area contributed by atoms with Gasteiger partial charge < -0.3 is 20.9 Å². The van der Waals surface area contributed by atoms with E-state index < -0.39 is 11.7 Å². The number of hydrogen-bond donors (Lipinski definition) is 3. The molecule has 1 amide bonds. The van der Waals surface area contributed by atoms with Gasteiger partial charge in [-0.1, -0.05) is 35.6 Å². The molecule has 0 aliphatic carbocycles. The van der Waals surface area contributed by atoms with E-state index in [-0.39, 0.29) is 23.7 Å². The molecule has 0 saturated carbocycles. The molecule has 0 spiro atoms. The number of rotatable bonds is 8. The molecule has 3 N–H and O–H groups in total. The molecule has 0 unspecified atom stereocenters. The van der Waals surface area contributed by atoms with Crippen molar-refractivity contribution in [2.75, 3.05) is 49.2 Å². The van der Waals surface area contributed by atoms with Gasteiger partial charge in [-0.3, -0.25) is 9.69 Å². The number of nitrogens with one attached hydrogen (secondary N) is 3. The van der Waals surface area contributed by atoms with Gasteiger partial charge in [0, 0.05) is 50.2 Å². The van der Waals surface area contributed by atoms with Crippen LogP contribution in [0.1, 0.15) is 26.6 Å². The minimum absolute atomic E-state index is 0.239. The van der Waals surface area contributed by atoms with Crippen molar-refractivity contribution in [3.63, 3.8) is 0 Å². The van der Waals surface area contributed by atoms with Gasteiger partial charge in [0.2, 0.25) is 0 Å². The lowest BCUT2D eigenvalue weighted by Gasteiger charge is -2.33. The maximum atomic E-state index is 14.0. The van der Waals surface area contributed by atoms with Crippen LogP contribution in [0.5, 0.6) is 0 Å². The molecule has 2 aromatic heterocycles. The van der Waals surface area contributed by atoms with Gasteiger partial charge in [-0.15, -0.1) is 0 Å². The first kappa shape index (κ1) is 28.5. The van der Waals surface area contributed by atoms with Crippen molar-refractivity contribution in [2.45, 2.75) is 19.6 Å². The summed E-state index contributed by atoms with van der Waals surface area (Å²) in [6, 6.07) is 14.9. The Morgan fingerprint density at radius 1 is 0.951 bits per heavy atom. The lowest BCUT2D eigenvalue weighted by Crippen LogP contribution is -2.44. The number of nitrogens with zero attached hydrogens (tertiary/aromatic N) is 5. The number of aromatic nitrogens is 3. The zero-order chi connectivity index (χ0) is 29.0. The minimum atomic E-state index is -4.50.